The third-order valence-electron chi connectivity index (χ3n) is 2.91. The molecule has 94 valence electrons. The maximum atomic E-state index is 11.6. The van der Waals surface area contributed by atoms with Gasteiger partial charge in [0.05, 0.1) is 0 Å². The zero-order valence-corrected chi connectivity index (χ0v) is 10.3. The van der Waals surface area contributed by atoms with Gasteiger partial charge in [-0.3, -0.25) is 10.1 Å². The van der Waals surface area contributed by atoms with Crippen molar-refractivity contribution in [1.82, 2.24) is 5.32 Å². The maximum Gasteiger partial charge on any atom is 0.253 e. The lowest BCUT2D eigenvalue weighted by atomic mass is 10.1. The molecule has 16 heavy (non-hydrogen) atoms. The minimum Gasteiger partial charge on any atom is -0.381 e. The summed E-state index contributed by atoms with van der Waals surface area (Å²) in [6.45, 7) is 2.44. The lowest BCUT2D eigenvalue weighted by Gasteiger charge is -2.32. The predicted octanol–water partition coefficient (Wildman–Crippen LogP) is -0.999. The molecular weight excluding hydrogens is 232 g/mol. The molecule has 1 amide bonds. The van der Waals surface area contributed by atoms with Crippen molar-refractivity contribution in [1.29, 1.82) is 0 Å². The highest BCUT2D eigenvalue weighted by molar-refractivity contribution is 7.92. The van der Waals surface area contributed by atoms with Gasteiger partial charge in [0.25, 0.3) is 5.91 Å². The Bertz CT molecular complexity index is 362. The van der Waals surface area contributed by atoms with E-state index in [1.54, 1.807) is 0 Å². The standard InChI is InChI=1S/C9H18N2O4S/c1-9(8(10)12,16(2,13)14)11-7-3-5-15-6-4-7/h7,11H,3-6H2,1-2H3,(H2,10,12). The number of sulfone groups is 1. The first-order valence-corrected chi connectivity index (χ1v) is 7.01. The van der Waals surface area contributed by atoms with Crippen LogP contribution in [0.3, 0.4) is 0 Å². The van der Waals surface area contributed by atoms with Crippen LogP contribution in [-0.2, 0) is 19.4 Å². The number of nitrogens with two attached hydrogens (primary N) is 1. The van der Waals surface area contributed by atoms with Gasteiger partial charge >= 0.3 is 0 Å². The number of hydrogen-bond donors (Lipinski definition) is 2. The zero-order chi connectivity index (χ0) is 12.4. The summed E-state index contributed by atoms with van der Waals surface area (Å²) in [7, 11) is -3.59. The Balaban J connectivity index is 2.83. The third-order valence-corrected chi connectivity index (χ3v) is 4.71. The van der Waals surface area contributed by atoms with Crippen LogP contribution >= 0.6 is 0 Å². The number of primary amides is 1. The first-order valence-electron chi connectivity index (χ1n) is 5.12. The molecule has 0 bridgehead atoms. The molecule has 1 aliphatic heterocycles. The predicted molar refractivity (Wildman–Crippen MR) is 59.4 cm³/mol. The first-order chi connectivity index (χ1) is 7.27. The summed E-state index contributed by atoms with van der Waals surface area (Å²) in [4.78, 5) is 9.59. The minimum atomic E-state index is -3.59. The van der Waals surface area contributed by atoms with Crippen molar-refractivity contribution in [3.8, 4) is 0 Å². The highest BCUT2D eigenvalue weighted by Gasteiger charge is 2.43. The summed E-state index contributed by atoms with van der Waals surface area (Å²) in [5.74, 6) is -0.874. The number of carbonyl (C=O) groups is 1. The van der Waals surface area contributed by atoms with E-state index < -0.39 is 20.6 Å². The van der Waals surface area contributed by atoms with Crippen molar-refractivity contribution in [2.75, 3.05) is 19.5 Å². The van der Waals surface area contributed by atoms with Gasteiger partial charge in [-0.2, -0.15) is 0 Å². The Kier molecular flexibility index (Phi) is 3.92. The van der Waals surface area contributed by atoms with Gasteiger partial charge in [0, 0.05) is 25.5 Å². The van der Waals surface area contributed by atoms with Crippen LogP contribution in [0.1, 0.15) is 19.8 Å². The molecule has 1 fully saturated rings. The molecule has 0 saturated carbocycles. The summed E-state index contributed by atoms with van der Waals surface area (Å²) >= 11 is 0. The third kappa shape index (κ3) is 2.72. The second-order valence-electron chi connectivity index (χ2n) is 4.20. The molecule has 3 N–H and O–H groups in total. The fraction of sp³-hybridized carbons (Fsp3) is 0.889. The van der Waals surface area contributed by atoms with Crippen LogP contribution in [0.4, 0.5) is 0 Å². The van der Waals surface area contributed by atoms with Crippen molar-refractivity contribution >= 4 is 15.7 Å². The molecule has 7 heteroatoms. The maximum absolute atomic E-state index is 11.6. The van der Waals surface area contributed by atoms with Gasteiger partial charge in [-0.1, -0.05) is 0 Å². The quantitative estimate of drug-likeness (QED) is 0.667. The second kappa shape index (κ2) is 4.68. The van der Waals surface area contributed by atoms with Crippen molar-refractivity contribution in [2.45, 2.75) is 30.7 Å². The first kappa shape index (κ1) is 13.4. The molecule has 6 nitrogen and oxygen atoms in total. The summed E-state index contributed by atoms with van der Waals surface area (Å²) < 4.78 is 28.3. The average Bonchev–Trinajstić information content (AvgIpc) is 2.17. The molecule has 0 aromatic carbocycles. The largest absolute Gasteiger partial charge is 0.381 e. The van der Waals surface area contributed by atoms with Crippen LogP contribution in [0.2, 0.25) is 0 Å². The minimum absolute atomic E-state index is 0.0547. The van der Waals surface area contributed by atoms with E-state index >= 15 is 0 Å². The molecule has 0 spiro atoms. The SMILES string of the molecule is CC(NC1CCOCC1)(C(N)=O)S(C)(=O)=O. The topological polar surface area (TPSA) is 98.5 Å². The van der Waals surface area contributed by atoms with Crippen molar-refractivity contribution in [3.63, 3.8) is 0 Å². The molecule has 0 aromatic heterocycles. The van der Waals surface area contributed by atoms with Crippen molar-refractivity contribution in [3.05, 3.63) is 0 Å². The Morgan fingerprint density at radius 3 is 2.31 bits per heavy atom. The molecule has 1 heterocycles. The van der Waals surface area contributed by atoms with E-state index in [1.165, 1.54) is 6.92 Å². The normalized spacial score (nSPS) is 22.6. The van der Waals surface area contributed by atoms with Crippen LogP contribution in [0.5, 0.6) is 0 Å². The Hall–Kier alpha value is -0.660. The summed E-state index contributed by atoms with van der Waals surface area (Å²) in [5, 5.41) is 2.83. The molecule has 1 aliphatic rings. The number of amides is 1. The Morgan fingerprint density at radius 2 is 1.94 bits per heavy atom. The fourth-order valence-electron chi connectivity index (χ4n) is 1.59. The highest BCUT2D eigenvalue weighted by atomic mass is 32.2. The van der Waals surface area contributed by atoms with E-state index in [4.69, 9.17) is 10.5 Å². The van der Waals surface area contributed by atoms with E-state index in [0.29, 0.717) is 26.1 Å². The number of ether oxygens (including phenoxy) is 1. The molecular formula is C9H18N2O4S. The van der Waals surface area contributed by atoms with Gasteiger partial charge in [-0.05, 0) is 19.8 Å². The number of hydrogen-bond acceptors (Lipinski definition) is 5. The summed E-state index contributed by atoms with van der Waals surface area (Å²) in [6, 6.07) is -0.0547. The van der Waals surface area contributed by atoms with Crippen LogP contribution in [0.15, 0.2) is 0 Å². The van der Waals surface area contributed by atoms with Gasteiger partial charge < -0.3 is 10.5 Å². The zero-order valence-electron chi connectivity index (χ0n) is 9.52. The van der Waals surface area contributed by atoms with Crippen LogP contribution in [0.25, 0.3) is 0 Å². The van der Waals surface area contributed by atoms with Gasteiger partial charge in [0.2, 0.25) is 0 Å². The second-order valence-corrected chi connectivity index (χ2v) is 6.56. The van der Waals surface area contributed by atoms with Crippen molar-refractivity contribution < 1.29 is 17.9 Å². The fourth-order valence-corrected chi connectivity index (χ4v) is 2.34. The van der Waals surface area contributed by atoms with Gasteiger partial charge in [0.1, 0.15) is 0 Å². The Labute approximate surface area is 95.4 Å². The van der Waals surface area contributed by atoms with Gasteiger partial charge in [-0.15, -0.1) is 0 Å². The molecule has 0 aliphatic carbocycles. The number of nitrogens with one attached hydrogen (secondary N) is 1. The monoisotopic (exact) mass is 250 g/mol. The summed E-state index contributed by atoms with van der Waals surface area (Å²) in [5.41, 5.74) is 5.16. The number of rotatable bonds is 4. The van der Waals surface area contributed by atoms with E-state index in [1.807, 2.05) is 0 Å². The van der Waals surface area contributed by atoms with E-state index in [2.05, 4.69) is 5.32 Å². The Morgan fingerprint density at radius 1 is 1.44 bits per heavy atom. The summed E-state index contributed by atoms with van der Waals surface area (Å²) in [6.07, 6.45) is 2.36. The van der Waals surface area contributed by atoms with Crippen LogP contribution < -0.4 is 11.1 Å². The smallest absolute Gasteiger partial charge is 0.253 e. The van der Waals surface area contributed by atoms with Gasteiger partial charge in [0.15, 0.2) is 14.7 Å². The molecule has 1 unspecified atom stereocenters. The number of carbonyl (C=O) groups excluding carboxylic acids is 1. The average molecular weight is 250 g/mol. The van der Waals surface area contributed by atoms with E-state index in [9.17, 15) is 13.2 Å². The highest BCUT2D eigenvalue weighted by Crippen LogP contribution is 2.17. The molecule has 1 saturated heterocycles. The molecule has 0 aromatic rings. The molecule has 1 rings (SSSR count). The lowest BCUT2D eigenvalue weighted by Crippen LogP contribution is -2.61. The van der Waals surface area contributed by atoms with Gasteiger partial charge in [-0.25, -0.2) is 8.42 Å². The van der Waals surface area contributed by atoms with E-state index in [0.717, 1.165) is 6.26 Å². The van der Waals surface area contributed by atoms with Crippen molar-refractivity contribution in [2.24, 2.45) is 5.73 Å². The van der Waals surface area contributed by atoms with Crippen LogP contribution in [0, 0.1) is 0 Å². The molecule has 0 radical (unpaired) electrons. The van der Waals surface area contributed by atoms with E-state index in [-0.39, 0.29) is 6.04 Å². The van der Waals surface area contributed by atoms with Crippen LogP contribution in [-0.4, -0.2) is 44.7 Å². The lowest BCUT2D eigenvalue weighted by molar-refractivity contribution is -0.121. The molecule has 1 atom stereocenters.